The maximum Gasteiger partial charge on any atom is 0.303 e. The lowest BCUT2D eigenvalue weighted by atomic mass is 10.1. The second-order valence-corrected chi connectivity index (χ2v) is 3.64. The molecule has 0 radical (unpaired) electrons. The van der Waals surface area contributed by atoms with Crippen molar-refractivity contribution in [3.8, 4) is 0 Å². The van der Waals surface area contributed by atoms with E-state index in [1.165, 1.54) is 0 Å². The number of halogens is 1. The maximum atomic E-state index is 12.5. The third-order valence-corrected chi connectivity index (χ3v) is 2.08. The summed E-state index contributed by atoms with van der Waals surface area (Å²) in [4.78, 5) is 17.8. The van der Waals surface area contributed by atoms with Crippen molar-refractivity contribution in [3.63, 3.8) is 0 Å². The summed E-state index contributed by atoms with van der Waals surface area (Å²) < 4.78 is 12.5. The molecule has 0 aliphatic heterocycles. The standard InChI is InChI=1S/C10H14FN3O2/c1-7(2-3-9(15)16)4-12-10-13-5-8(11)6-14-10/h5-7H,2-4H2,1H3,(H,15,16)(H,12,13,14). The molecule has 0 saturated carbocycles. The normalized spacial score (nSPS) is 12.1. The van der Waals surface area contributed by atoms with Gasteiger partial charge in [-0.2, -0.15) is 0 Å². The van der Waals surface area contributed by atoms with Gasteiger partial charge in [0.05, 0.1) is 12.4 Å². The predicted octanol–water partition coefficient (Wildman–Crippen LogP) is 1.53. The average Bonchev–Trinajstić information content (AvgIpc) is 2.25. The molecule has 1 rings (SSSR count). The van der Waals surface area contributed by atoms with E-state index in [1.807, 2.05) is 6.92 Å². The summed E-state index contributed by atoms with van der Waals surface area (Å²) in [5.41, 5.74) is 0. The molecule has 5 nitrogen and oxygen atoms in total. The van der Waals surface area contributed by atoms with Crippen molar-refractivity contribution < 1.29 is 14.3 Å². The first-order valence-corrected chi connectivity index (χ1v) is 5.01. The molecule has 0 aliphatic carbocycles. The van der Waals surface area contributed by atoms with Crippen molar-refractivity contribution in [1.29, 1.82) is 0 Å². The maximum absolute atomic E-state index is 12.5. The summed E-state index contributed by atoms with van der Waals surface area (Å²) in [6.07, 6.45) is 2.89. The molecule has 0 bridgehead atoms. The van der Waals surface area contributed by atoms with Gasteiger partial charge in [0.25, 0.3) is 0 Å². The van der Waals surface area contributed by atoms with E-state index in [0.717, 1.165) is 12.4 Å². The first-order chi connectivity index (χ1) is 7.58. The highest BCUT2D eigenvalue weighted by Gasteiger charge is 2.06. The molecule has 1 aromatic rings. The van der Waals surface area contributed by atoms with Crippen LogP contribution in [0.5, 0.6) is 0 Å². The molecule has 0 fully saturated rings. The third kappa shape index (κ3) is 4.68. The van der Waals surface area contributed by atoms with Crippen LogP contribution in [0.3, 0.4) is 0 Å². The molecule has 0 spiro atoms. The van der Waals surface area contributed by atoms with Gasteiger partial charge in [0.15, 0.2) is 5.82 Å². The van der Waals surface area contributed by atoms with Crippen molar-refractivity contribution >= 4 is 11.9 Å². The van der Waals surface area contributed by atoms with Crippen LogP contribution in [0.4, 0.5) is 10.3 Å². The monoisotopic (exact) mass is 227 g/mol. The number of carboxylic acids is 1. The molecule has 6 heteroatoms. The zero-order valence-electron chi connectivity index (χ0n) is 8.98. The number of aromatic nitrogens is 2. The fourth-order valence-corrected chi connectivity index (χ4v) is 1.14. The quantitative estimate of drug-likeness (QED) is 0.770. The Balaban J connectivity index is 2.28. The molecule has 1 unspecified atom stereocenters. The molecule has 16 heavy (non-hydrogen) atoms. The Morgan fingerprint density at radius 1 is 1.56 bits per heavy atom. The third-order valence-electron chi connectivity index (χ3n) is 2.08. The molecule has 0 saturated heterocycles. The number of nitrogens with one attached hydrogen (secondary N) is 1. The highest BCUT2D eigenvalue weighted by Crippen LogP contribution is 2.06. The van der Waals surface area contributed by atoms with Gasteiger partial charge in [-0.15, -0.1) is 0 Å². The minimum atomic E-state index is -0.801. The Bertz CT molecular complexity index is 342. The SMILES string of the molecule is CC(CCC(=O)O)CNc1ncc(F)cn1. The molecule has 1 aromatic heterocycles. The number of hydrogen-bond donors (Lipinski definition) is 2. The lowest BCUT2D eigenvalue weighted by Crippen LogP contribution is -2.14. The van der Waals surface area contributed by atoms with E-state index in [2.05, 4.69) is 15.3 Å². The highest BCUT2D eigenvalue weighted by atomic mass is 19.1. The van der Waals surface area contributed by atoms with Gasteiger partial charge in [0, 0.05) is 13.0 Å². The van der Waals surface area contributed by atoms with E-state index in [0.29, 0.717) is 18.9 Å². The topological polar surface area (TPSA) is 75.1 Å². The fraction of sp³-hybridized carbons (Fsp3) is 0.500. The second-order valence-electron chi connectivity index (χ2n) is 3.64. The lowest BCUT2D eigenvalue weighted by Gasteiger charge is -2.10. The Labute approximate surface area is 92.7 Å². The van der Waals surface area contributed by atoms with Crippen LogP contribution in [-0.2, 0) is 4.79 Å². The number of nitrogens with zero attached hydrogens (tertiary/aromatic N) is 2. The Hall–Kier alpha value is -1.72. The van der Waals surface area contributed by atoms with E-state index in [4.69, 9.17) is 5.11 Å². The number of hydrogen-bond acceptors (Lipinski definition) is 4. The number of anilines is 1. The minimum absolute atomic E-state index is 0.146. The van der Waals surface area contributed by atoms with Gasteiger partial charge in [-0.1, -0.05) is 6.92 Å². The molecule has 1 heterocycles. The van der Waals surface area contributed by atoms with Gasteiger partial charge < -0.3 is 10.4 Å². The van der Waals surface area contributed by atoms with Gasteiger partial charge in [0.1, 0.15) is 0 Å². The summed E-state index contributed by atoms with van der Waals surface area (Å²) in [6, 6.07) is 0. The van der Waals surface area contributed by atoms with Crippen molar-refractivity contribution in [3.05, 3.63) is 18.2 Å². The zero-order valence-corrected chi connectivity index (χ0v) is 8.98. The van der Waals surface area contributed by atoms with Gasteiger partial charge in [-0.25, -0.2) is 14.4 Å². The number of carboxylic acid groups (broad SMARTS) is 1. The van der Waals surface area contributed by atoms with Crippen LogP contribution in [-0.4, -0.2) is 27.6 Å². The van der Waals surface area contributed by atoms with Gasteiger partial charge in [0.2, 0.25) is 5.95 Å². The first-order valence-electron chi connectivity index (χ1n) is 5.01. The summed E-state index contributed by atoms with van der Waals surface area (Å²) in [7, 11) is 0. The molecular weight excluding hydrogens is 213 g/mol. The van der Waals surface area contributed by atoms with Crippen molar-refractivity contribution in [2.75, 3.05) is 11.9 Å². The number of aliphatic carboxylic acids is 1. The second kappa shape index (κ2) is 5.99. The predicted molar refractivity (Wildman–Crippen MR) is 56.5 cm³/mol. The van der Waals surface area contributed by atoms with E-state index in [9.17, 15) is 9.18 Å². The summed E-state index contributed by atoms with van der Waals surface area (Å²) in [5, 5.41) is 11.4. The van der Waals surface area contributed by atoms with Gasteiger partial charge >= 0.3 is 5.97 Å². The van der Waals surface area contributed by atoms with E-state index >= 15 is 0 Å². The van der Waals surface area contributed by atoms with Crippen LogP contribution in [0.2, 0.25) is 0 Å². The first kappa shape index (κ1) is 12.4. The average molecular weight is 227 g/mol. The fourth-order valence-electron chi connectivity index (χ4n) is 1.14. The number of rotatable bonds is 6. The molecule has 0 amide bonds. The van der Waals surface area contributed by atoms with Crippen molar-refractivity contribution in [1.82, 2.24) is 9.97 Å². The van der Waals surface area contributed by atoms with Crippen LogP contribution in [0.1, 0.15) is 19.8 Å². The lowest BCUT2D eigenvalue weighted by molar-refractivity contribution is -0.137. The molecule has 2 N–H and O–H groups in total. The van der Waals surface area contributed by atoms with Gasteiger partial charge in [-0.3, -0.25) is 4.79 Å². The highest BCUT2D eigenvalue weighted by molar-refractivity contribution is 5.66. The Kier molecular flexibility index (Phi) is 4.63. The van der Waals surface area contributed by atoms with Gasteiger partial charge in [-0.05, 0) is 12.3 Å². The summed E-state index contributed by atoms with van der Waals surface area (Å²) >= 11 is 0. The largest absolute Gasteiger partial charge is 0.481 e. The summed E-state index contributed by atoms with van der Waals surface area (Å²) in [6.45, 7) is 2.50. The molecule has 0 aliphatic rings. The van der Waals surface area contributed by atoms with Crippen LogP contribution < -0.4 is 5.32 Å². The van der Waals surface area contributed by atoms with E-state index in [-0.39, 0.29) is 12.3 Å². The van der Waals surface area contributed by atoms with Crippen LogP contribution in [0.25, 0.3) is 0 Å². The van der Waals surface area contributed by atoms with Crippen molar-refractivity contribution in [2.24, 2.45) is 5.92 Å². The van der Waals surface area contributed by atoms with Crippen molar-refractivity contribution in [2.45, 2.75) is 19.8 Å². The molecule has 0 aromatic carbocycles. The van der Waals surface area contributed by atoms with Crippen LogP contribution in [0, 0.1) is 11.7 Å². The van der Waals surface area contributed by atoms with Crippen LogP contribution >= 0.6 is 0 Å². The van der Waals surface area contributed by atoms with E-state index < -0.39 is 11.8 Å². The Morgan fingerprint density at radius 3 is 2.75 bits per heavy atom. The number of carbonyl (C=O) groups is 1. The Morgan fingerprint density at radius 2 is 2.19 bits per heavy atom. The van der Waals surface area contributed by atoms with Crippen LogP contribution in [0.15, 0.2) is 12.4 Å². The molecule has 88 valence electrons. The van der Waals surface area contributed by atoms with E-state index in [1.54, 1.807) is 0 Å². The zero-order chi connectivity index (χ0) is 12.0. The summed E-state index contributed by atoms with van der Waals surface area (Å²) in [5.74, 6) is -0.734. The minimum Gasteiger partial charge on any atom is -0.481 e. The molecule has 1 atom stereocenters. The molecular formula is C10H14FN3O2. The smallest absolute Gasteiger partial charge is 0.303 e.